The largest absolute Gasteiger partial charge is 0.478 e. The third-order valence-corrected chi connectivity index (χ3v) is 5.50. The monoisotopic (exact) mass is 371 g/mol. The third-order valence-electron chi connectivity index (χ3n) is 5.50. The third kappa shape index (κ3) is 3.33. The summed E-state index contributed by atoms with van der Waals surface area (Å²) < 4.78 is 0. The second kappa shape index (κ2) is 6.90. The molecule has 142 valence electrons. The van der Waals surface area contributed by atoms with Gasteiger partial charge >= 0.3 is 5.97 Å². The molecule has 1 aliphatic carbocycles. The average Bonchev–Trinajstić information content (AvgIpc) is 2.66. The highest BCUT2D eigenvalue weighted by Crippen LogP contribution is 2.36. The van der Waals surface area contributed by atoms with Crippen molar-refractivity contribution in [3.05, 3.63) is 76.5 Å². The normalized spacial score (nSPS) is 15.6. The van der Waals surface area contributed by atoms with Gasteiger partial charge in [-0.15, -0.1) is 0 Å². The molecule has 0 bridgehead atoms. The zero-order valence-corrected chi connectivity index (χ0v) is 16.6. The number of carbonyl (C=O) groups is 1. The predicted molar refractivity (Wildman–Crippen MR) is 115 cm³/mol. The molecule has 3 aromatic rings. The van der Waals surface area contributed by atoms with Gasteiger partial charge in [0.25, 0.3) is 0 Å². The van der Waals surface area contributed by atoms with Gasteiger partial charge in [0, 0.05) is 5.39 Å². The first kappa shape index (κ1) is 18.4. The van der Waals surface area contributed by atoms with Crippen molar-refractivity contribution in [2.75, 3.05) is 0 Å². The Morgan fingerprint density at radius 1 is 1.04 bits per heavy atom. The summed E-state index contributed by atoms with van der Waals surface area (Å²) in [4.78, 5) is 16.9. The molecular formula is C25H25NO2. The summed E-state index contributed by atoms with van der Waals surface area (Å²) in [5, 5.41) is 10.6. The first-order valence-electron chi connectivity index (χ1n) is 9.81. The van der Waals surface area contributed by atoms with Gasteiger partial charge in [-0.3, -0.25) is 0 Å². The number of carboxylic acid groups (broad SMARTS) is 1. The van der Waals surface area contributed by atoms with E-state index in [1.165, 1.54) is 5.56 Å². The van der Waals surface area contributed by atoms with Crippen LogP contribution in [0.4, 0.5) is 0 Å². The molecule has 1 heterocycles. The Labute approximate surface area is 165 Å². The molecule has 0 atom stereocenters. The van der Waals surface area contributed by atoms with Gasteiger partial charge in [-0.05, 0) is 59.1 Å². The van der Waals surface area contributed by atoms with E-state index in [0.717, 1.165) is 52.6 Å². The summed E-state index contributed by atoms with van der Waals surface area (Å²) in [5.74, 6) is -0.870. The first-order valence-corrected chi connectivity index (χ1v) is 9.81. The number of hydrogen-bond donors (Lipinski definition) is 1. The van der Waals surface area contributed by atoms with Crippen LogP contribution in [-0.4, -0.2) is 16.1 Å². The number of pyridine rings is 1. The number of carboxylic acids is 1. The second-order valence-corrected chi connectivity index (χ2v) is 8.53. The standard InChI is InChI=1S/C25H25NO2/c1-25(2,3)18-13-11-16(12-14-18)15-17-7-6-9-20-22(24(27)28)19-8-4-5-10-21(19)26-23(17)20/h4-5,8,10-15H,6-7,9H2,1-3H3,(H,27,28)/b17-15+. The van der Waals surface area contributed by atoms with Crippen molar-refractivity contribution >= 4 is 28.5 Å². The summed E-state index contributed by atoms with van der Waals surface area (Å²) in [7, 11) is 0. The number of rotatable bonds is 2. The molecule has 2 aromatic carbocycles. The molecule has 1 aliphatic rings. The topological polar surface area (TPSA) is 50.2 Å². The SMILES string of the molecule is CC(C)(C)c1ccc(/C=C2\CCCc3c2nc2ccccc2c3C(=O)O)cc1. The van der Waals surface area contributed by atoms with E-state index in [-0.39, 0.29) is 5.41 Å². The van der Waals surface area contributed by atoms with Crippen molar-refractivity contribution in [1.29, 1.82) is 0 Å². The molecule has 0 saturated carbocycles. The van der Waals surface area contributed by atoms with E-state index >= 15 is 0 Å². The fraction of sp³-hybridized carbons (Fsp3) is 0.280. The van der Waals surface area contributed by atoms with Crippen LogP contribution < -0.4 is 0 Å². The van der Waals surface area contributed by atoms with Gasteiger partial charge < -0.3 is 5.11 Å². The molecule has 1 N–H and O–H groups in total. The van der Waals surface area contributed by atoms with Gasteiger partial charge in [0.2, 0.25) is 0 Å². The van der Waals surface area contributed by atoms with Crippen LogP contribution in [0.3, 0.4) is 0 Å². The first-order chi connectivity index (χ1) is 13.3. The van der Waals surface area contributed by atoms with Crippen molar-refractivity contribution in [3.8, 4) is 0 Å². The van der Waals surface area contributed by atoms with E-state index in [1.807, 2.05) is 24.3 Å². The minimum absolute atomic E-state index is 0.125. The zero-order chi connectivity index (χ0) is 19.9. The van der Waals surface area contributed by atoms with Crippen LogP contribution >= 0.6 is 0 Å². The van der Waals surface area contributed by atoms with Crippen molar-refractivity contribution in [2.24, 2.45) is 0 Å². The Bertz CT molecular complexity index is 1090. The van der Waals surface area contributed by atoms with Gasteiger partial charge in [0.05, 0.1) is 16.8 Å². The minimum Gasteiger partial charge on any atom is -0.478 e. The Kier molecular flexibility index (Phi) is 4.54. The molecule has 3 heteroatoms. The number of aromatic carboxylic acids is 1. The molecule has 4 rings (SSSR count). The molecule has 1 aromatic heterocycles. The van der Waals surface area contributed by atoms with Crippen LogP contribution in [0.5, 0.6) is 0 Å². The zero-order valence-electron chi connectivity index (χ0n) is 16.6. The van der Waals surface area contributed by atoms with E-state index in [0.29, 0.717) is 5.56 Å². The van der Waals surface area contributed by atoms with E-state index in [4.69, 9.17) is 4.98 Å². The van der Waals surface area contributed by atoms with Gasteiger partial charge in [-0.25, -0.2) is 9.78 Å². The lowest BCUT2D eigenvalue weighted by atomic mass is 9.85. The highest BCUT2D eigenvalue weighted by Gasteiger charge is 2.24. The van der Waals surface area contributed by atoms with Crippen LogP contribution in [0.15, 0.2) is 48.5 Å². The average molecular weight is 371 g/mol. The van der Waals surface area contributed by atoms with Crippen LogP contribution in [0.2, 0.25) is 0 Å². The Morgan fingerprint density at radius 3 is 2.43 bits per heavy atom. The van der Waals surface area contributed by atoms with Crippen molar-refractivity contribution in [2.45, 2.75) is 45.4 Å². The quantitative estimate of drug-likeness (QED) is 0.591. The van der Waals surface area contributed by atoms with Crippen LogP contribution in [-0.2, 0) is 11.8 Å². The number of benzene rings is 2. The highest BCUT2D eigenvalue weighted by molar-refractivity contribution is 6.05. The maximum Gasteiger partial charge on any atom is 0.336 e. The van der Waals surface area contributed by atoms with Gasteiger partial charge in [-0.2, -0.15) is 0 Å². The summed E-state index contributed by atoms with van der Waals surface area (Å²) in [6, 6.07) is 16.2. The second-order valence-electron chi connectivity index (χ2n) is 8.53. The number of aromatic nitrogens is 1. The summed E-state index contributed by atoms with van der Waals surface area (Å²) >= 11 is 0. The van der Waals surface area contributed by atoms with Gasteiger partial charge in [0.15, 0.2) is 0 Å². The predicted octanol–water partition coefficient (Wildman–Crippen LogP) is 6.11. The van der Waals surface area contributed by atoms with Crippen LogP contribution in [0.25, 0.3) is 22.6 Å². The van der Waals surface area contributed by atoms with Crippen molar-refractivity contribution in [3.63, 3.8) is 0 Å². The smallest absolute Gasteiger partial charge is 0.336 e. The number of hydrogen-bond acceptors (Lipinski definition) is 2. The van der Waals surface area contributed by atoms with E-state index in [1.54, 1.807) is 0 Å². The molecule has 0 radical (unpaired) electrons. The Morgan fingerprint density at radius 2 is 1.75 bits per heavy atom. The molecule has 0 unspecified atom stereocenters. The number of para-hydroxylation sites is 1. The lowest BCUT2D eigenvalue weighted by Gasteiger charge is -2.22. The molecule has 0 fully saturated rings. The lowest BCUT2D eigenvalue weighted by Crippen LogP contribution is -2.13. The number of allylic oxidation sites excluding steroid dienone is 1. The van der Waals surface area contributed by atoms with Crippen LogP contribution in [0.1, 0.15) is 66.4 Å². The number of nitrogens with zero attached hydrogens (tertiary/aromatic N) is 1. The molecular weight excluding hydrogens is 346 g/mol. The maximum absolute atomic E-state index is 12.0. The van der Waals surface area contributed by atoms with Crippen LogP contribution in [0, 0.1) is 0 Å². The summed E-state index contributed by atoms with van der Waals surface area (Å²) in [6.45, 7) is 6.63. The van der Waals surface area contributed by atoms with Gasteiger partial charge in [-0.1, -0.05) is 63.2 Å². The fourth-order valence-corrected chi connectivity index (χ4v) is 4.00. The molecule has 0 amide bonds. The Hall–Kier alpha value is -2.94. The van der Waals surface area contributed by atoms with E-state index in [9.17, 15) is 9.90 Å². The molecule has 0 spiro atoms. The summed E-state index contributed by atoms with van der Waals surface area (Å²) in [5.41, 5.74) is 6.55. The molecule has 3 nitrogen and oxygen atoms in total. The Balaban J connectivity index is 1.85. The van der Waals surface area contributed by atoms with E-state index in [2.05, 4.69) is 51.1 Å². The summed E-state index contributed by atoms with van der Waals surface area (Å²) in [6.07, 6.45) is 4.78. The van der Waals surface area contributed by atoms with Gasteiger partial charge in [0.1, 0.15) is 0 Å². The lowest BCUT2D eigenvalue weighted by molar-refractivity contribution is 0.0697. The minimum atomic E-state index is -0.870. The van der Waals surface area contributed by atoms with Crippen molar-refractivity contribution in [1.82, 2.24) is 4.98 Å². The molecule has 0 aliphatic heterocycles. The molecule has 28 heavy (non-hydrogen) atoms. The molecule has 0 saturated heterocycles. The number of fused-ring (bicyclic) bond motifs is 2. The maximum atomic E-state index is 12.0. The fourth-order valence-electron chi connectivity index (χ4n) is 4.00. The van der Waals surface area contributed by atoms with E-state index < -0.39 is 5.97 Å². The van der Waals surface area contributed by atoms with Crippen molar-refractivity contribution < 1.29 is 9.90 Å². The highest BCUT2D eigenvalue weighted by atomic mass is 16.4.